The van der Waals surface area contributed by atoms with Gasteiger partial charge in [-0.2, -0.15) is 0 Å². The summed E-state index contributed by atoms with van der Waals surface area (Å²) in [6.07, 6.45) is 0. The summed E-state index contributed by atoms with van der Waals surface area (Å²) in [6.45, 7) is 0. The third kappa shape index (κ3) is 3.52. The molecule has 0 atom stereocenters. The Morgan fingerprint density at radius 1 is 0.250 bits per heavy atom. The van der Waals surface area contributed by atoms with Gasteiger partial charge in [-0.3, -0.25) is 0 Å². The second-order valence-corrected chi connectivity index (χ2v) is 7.81. The van der Waals surface area contributed by atoms with Crippen LogP contribution in [0.4, 0.5) is 11.4 Å². The van der Waals surface area contributed by atoms with Gasteiger partial charge in [0.2, 0.25) is 0 Å². The Labute approximate surface area is 188 Å². The Morgan fingerprint density at radius 3 is 0.688 bits per heavy atom. The Bertz CT molecular complexity index is 1290. The van der Waals surface area contributed by atoms with Crippen molar-refractivity contribution >= 4 is 11.4 Å². The zero-order valence-electron chi connectivity index (χ0n) is 17.7. The summed E-state index contributed by atoms with van der Waals surface area (Å²) in [4.78, 5) is 0. The molecule has 0 aliphatic heterocycles. The maximum atomic E-state index is 6.35. The fourth-order valence-corrected chi connectivity index (χ4v) is 4.34. The molecule has 0 aliphatic carbocycles. The van der Waals surface area contributed by atoms with Crippen molar-refractivity contribution in [2.45, 2.75) is 0 Å². The fraction of sp³-hybridized carbons (Fsp3) is 0. The summed E-state index contributed by atoms with van der Waals surface area (Å²) in [7, 11) is 0. The monoisotopic (exact) mass is 412 g/mol. The molecule has 0 radical (unpaired) electrons. The first-order valence-corrected chi connectivity index (χ1v) is 10.7. The first-order valence-electron chi connectivity index (χ1n) is 10.7. The average molecular weight is 413 g/mol. The van der Waals surface area contributed by atoms with Crippen molar-refractivity contribution in [3.8, 4) is 44.5 Å². The average Bonchev–Trinajstić information content (AvgIpc) is 2.85. The molecule has 2 nitrogen and oxygen atoms in total. The topological polar surface area (TPSA) is 52.0 Å². The van der Waals surface area contributed by atoms with Crippen molar-refractivity contribution in [2.24, 2.45) is 0 Å². The van der Waals surface area contributed by atoms with Crippen molar-refractivity contribution < 1.29 is 0 Å². The lowest BCUT2D eigenvalue weighted by Gasteiger charge is -2.18. The predicted molar refractivity (Wildman–Crippen MR) is 137 cm³/mol. The molecule has 0 heterocycles. The highest BCUT2D eigenvalue weighted by Crippen LogP contribution is 2.42. The van der Waals surface area contributed by atoms with E-state index in [1.54, 1.807) is 0 Å². The van der Waals surface area contributed by atoms with E-state index in [2.05, 4.69) is 84.9 Å². The summed E-state index contributed by atoms with van der Waals surface area (Å²) >= 11 is 0. The molecule has 0 aliphatic rings. The van der Waals surface area contributed by atoms with Gasteiger partial charge in [-0.05, 0) is 45.5 Å². The van der Waals surface area contributed by atoms with Crippen LogP contribution in [0.25, 0.3) is 44.5 Å². The van der Waals surface area contributed by atoms with Crippen LogP contribution >= 0.6 is 0 Å². The first kappa shape index (κ1) is 19.7. The lowest BCUT2D eigenvalue weighted by Crippen LogP contribution is -1.95. The van der Waals surface area contributed by atoms with E-state index >= 15 is 0 Å². The lowest BCUT2D eigenvalue weighted by molar-refractivity contribution is 1.55. The van der Waals surface area contributed by atoms with Crippen LogP contribution in [-0.2, 0) is 0 Å². The SMILES string of the molecule is Nc1ccccc1-c1ccccc1-c1ccccc1-c1ccccc1-c1ccccc1N. The van der Waals surface area contributed by atoms with Crippen LogP contribution < -0.4 is 11.5 Å². The number of hydrogen-bond acceptors (Lipinski definition) is 2. The van der Waals surface area contributed by atoms with Crippen LogP contribution in [0, 0.1) is 0 Å². The molecular weight excluding hydrogens is 388 g/mol. The molecular formula is C30H24N2. The number of para-hydroxylation sites is 2. The lowest BCUT2D eigenvalue weighted by atomic mass is 9.86. The van der Waals surface area contributed by atoms with E-state index in [4.69, 9.17) is 11.5 Å². The Kier molecular flexibility index (Phi) is 5.19. The highest BCUT2D eigenvalue weighted by molar-refractivity contribution is 5.98. The normalized spacial score (nSPS) is 10.8. The van der Waals surface area contributed by atoms with Crippen LogP contribution in [-0.4, -0.2) is 0 Å². The van der Waals surface area contributed by atoms with Gasteiger partial charge in [-0.25, -0.2) is 0 Å². The molecule has 4 N–H and O–H groups in total. The molecule has 32 heavy (non-hydrogen) atoms. The van der Waals surface area contributed by atoms with E-state index < -0.39 is 0 Å². The molecule has 2 heteroatoms. The van der Waals surface area contributed by atoms with E-state index in [9.17, 15) is 0 Å². The maximum Gasteiger partial charge on any atom is 0.0393 e. The molecule has 0 spiro atoms. The smallest absolute Gasteiger partial charge is 0.0393 e. The highest BCUT2D eigenvalue weighted by Gasteiger charge is 2.16. The third-order valence-electron chi connectivity index (χ3n) is 5.86. The Balaban J connectivity index is 1.75. The van der Waals surface area contributed by atoms with Gasteiger partial charge >= 0.3 is 0 Å². The fourth-order valence-electron chi connectivity index (χ4n) is 4.34. The molecule has 5 aromatic rings. The Morgan fingerprint density at radius 2 is 0.438 bits per heavy atom. The number of nitrogen functional groups attached to an aromatic ring is 2. The van der Waals surface area contributed by atoms with E-state index in [1.165, 1.54) is 0 Å². The number of benzene rings is 5. The summed E-state index contributed by atoms with van der Waals surface area (Å²) < 4.78 is 0. The van der Waals surface area contributed by atoms with E-state index in [1.807, 2.05) is 36.4 Å². The van der Waals surface area contributed by atoms with Gasteiger partial charge < -0.3 is 11.5 Å². The van der Waals surface area contributed by atoms with Gasteiger partial charge in [0.25, 0.3) is 0 Å². The second-order valence-electron chi connectivity index (χ2n) is 7.81. The largest absolute Gasteiger partial charge is 0.398 e. The van der Waals surface area contributed by atoms with Gasteiger partial charge in [-0.15, -0.1) is 0 Å². The van der Waals surface area contributed by atoms with Gasteiger partial charge in [0.05, 0.1) is 0 Å². The number of nitrogens with two attached hydrogens (primary N) is 2. The van der Waals surface area contributed by atoms with Gasteiger partial charge in [0.1, 0.15) is 0 Å². The molecule has 0 saturated carbocycles. The quantitative estimate of drug-likeness (QED) is 0.300. The third-order valence-corrected chi connectivity index (χ3v) is 5.86. The van der Waals surface area contributed by atoms with Gasteiger partial charge in [0, 0.05) is 22.5 Å². The molecule has 5 rings (SSSR count). The zero-order valence-corrected chi connectivity index (χ0v) is 17.7. The number of rotatable bonds is 4. The van der Waals surface area contributed by atoms with Crippen molar-refractivity contribution in [3.05, 3.63) is 121 Å². The van der Waals surface area contributed by atoms with Crippen LogP contribution in [0.5, 0.6) is 0 Å². The Hall–Kier alpha value is -4.30. The minimum atomic E-state index is 0.773. The minimum absolute atomic E-state index is 0.773. The molecule has 0 bridgehead atoms. The predicted octanol–water partition coefficient (Wildman–Crippen LogP) is 7.52. The molecule has 0 amide bonds. The molecule has 154 valence electrons. The van der Waals surface area contributed by atoms with Crippen molar-refractivity contribution in [2.75, 3.05) is 11.5 Å². The summed E-state index contributed by atoms with van der Waals surface area (Å²) in [6, 6.07) is 41.5. The number of anilines is 2. The van der Waals surface area contributed by atoms with Crippen LogP contribution in [0.15, 0.2) is 121 Å². The summed E-state index contributed by atoms with van der Waals surface area (Å²) in [5.74, 6) is 0. The molecule has 0 saturated heterocycles. The number of hydrogen-bond donors (Lipinski definition) is 2. The second kappa shape index (κ2) is 8.44. The van der Waals surface area contributed by atoms with Crippen molar-refractivity contribution in [1.29, 1.82) is 0 Å². The van der Waals surface area contributed by atoms with Crippen molar-refractivity contribution in [1.82, 2.24) is 0 Å². The van der Waals surface area contributed by atoms with Crippen LogP contribution in [0.3, 0.4) is 0 Å². The van der Waals surface area contributed by atoms with Gasteiger partial charge in [0.15, 0.2) is 0 Å². The summed E-state index contributed by atoms with van der Waals surface area (Å²) in [5, 5.41) is 0. The molecule has 0 unspecified atom stereocenters. The highest BCUT2D eigenvalue weighted by atomic mass is 14.6. The van der Waals surface area contributed by atoms with Crippen LogP contribution in [0.2, 0.25) is 0 Å². The maximum absolute atomic E-state index is 6.35. The van der Waals surface area contributed by atoms with Crippen LogP contribution in [0.1, 0.15) is 0 Å². The molecule has 5 aromatic carbocycles. The van der Waals surface area contributed by atoms with Crippen molar-refractivity contribution in [3.63, 3.8) is 0 Å². The first-order chi connectivity index (χ1) is 15.7. The van der Waals surface area contributed by atoms with Gasteiger partial charge in [-0.1, -0.05) is 109 Å². The standard InChI is InChI=1S/C30H24N2/c31-29-19-9-7-17-27(29)25-15-5-3-13-23(25)21-11-1-2-12-22(21)24-14-4-6-16-26(24)28-18-8-10-20-30(28)32/h1-20H,31-32H2. The van der Waals surface area contributed by atoms with E-state index in [-0.39, 0.29) is 0 Å². The summed E-state index contributed by atoms with van der Waals surface area (Å²) in [5.41, 5.74) is 23.2. The zero-order chi connectivity index (χ0) is 21.9. The molecule has 0 aromatic heterocycles. The molecule has 0 fully saturated rings. The van der Waals surface area contributed by atoms with E-state index in [0.717, 1.165) is 55.9 Å². The minimum Gasteiger partial charge on any atom is -0.398 e. The van der Waals surface area contributed by atoms with E-state index in [0.29, 0.717) is 0 Å².